The number of nitro benzene ring substituents is 1. The van der Waals surface area contributed by atoms with Gasteiger partial charge in [0.2, 0.25) is 6.23 Å². The monoisotopic (exact) mass is 354 g/mol. The lowest BCUT2D eigenvalue weighted by atomic mass is 10.1. The molecule has 0 bridgehead atoms. The molecule has 2 atom stereocenters. The summed E-state index contributed by atoms with van der Waals surface area (Å²) in [5.74, 6) is 0. The van der Waals surface area contributed by atoms with Crippen molar-refractivity contribution in [2.24, 2.45) is 5.11 Å². The van der Waals surface area contributed by atoms with Gasteiger partial charge in [0.05, 0.1) is 10.5 Å². The summed E-state index contributed by atoms with van der Waals surface area (Å²) in [4.78, 5) is 18.3. The van der Waals surface area contributed by atoms with Crippen LogP contribution < -0.4 is 0 Å². The van der Waals surface area contributed by atoms with Gasteiger partial charge in [-0.15, -0.1) is 0 Å². The van der Waals surface area contributed by atoms with E-state index < -0.39 is 21.4 Å². The van der Waals surface area contributed by atoms with E-state index in [-0.39, 0.29) is 30.4 Å². The molecule has 0 aromatic heterocycles. The van der Waals surface area contributed by atoms with Gasteiger partial charge in [-0.3, -0.25) is 15.0 Å². The minimum absolute atomic E-state index is 0.190. The highest BCUT2D eigenvalue weighted by Gasteiger charge is 2.53. The van der Waals surface area contributed by atoms with Crippen LogP contribution in [-0.4, -0.2) is 41.2 Å². The fourth-order valence-corrected chi connectivity index (χ4v) is 4.10. The number of nitro groups is 1. The maximum atomic E-state index is 12.5. The lowest BCUT2D eigenvalue weighted by Gasteiger charge is -2.28. The number of hydrogen-bond acceptors (Lipinski definition) is 6. The van der Waals surface area contributed by atoms with E-state index in [4.69, 9.17) is 10.4 Å². The SMILES string of the molecule is [N-]=[N+]=NC1CCN(S(=O)(=O)N2OC2c2ccccc2[N+](=O)[O-])CC1. The molecule has 2 aliphatic rings. The Morgan fingerprint density at radius 3 is 2.62 bits per heavy atom. The Morgan fingerprint density at radius 2 is 2.00 bits per heavy atom. The summed E-state index contributed by atoms with van der Waals surface area (Å²) in [7, 11) is -3.88. The average molecular weight is 354 g/mol. The first-order valence-corrected chi connectivity index (χ1v) is 8.58. The third-order valence-corrected chi connectivity index (χ3v) is 5.69. The Balaban J connectivity index is 1.73. The van der Waals surface area contributed by atoms with Crippen molar-refractivity contribution in [3.8, 4) is 0 Å². The van der Waals surface area contributed by atoms with Gasteiger partial charge < -0.3 is 0 Å². The Kier molecular flexibility index (Phi) is 4.39. The first-order valence-electron chi connectivity index (χ1n) is 7.19. The lowest BCUT2D eigenvalue weighted by Crippen LogP contribution is -2.42. The normalized spacial score (nSPS) is 25.0. The van der Waals surface area contributed by atoms with Gasteiger partial charge in [-0.25, -0.2) is 0 Å². The van der Waals surface area contributed by atoms with Crippen molar-refractivity contribution in [1.82, 2.24) is 8.77 Å². The molecule has 3 rings (SSSR count). The molecule has 0 spiro atoms. The van der Waals surface area contributed by atoms with Crippen molar-refractivity contribution in [2.45, 2.75) is 25.1 Å². The van der Waals surface area contributed by atoms with Crippen LogP contribution in [0.4, 0.5) is 5.69 Å². The second kappa shape index (κ2) is 6.34. The van der Waals surface area contributed by atoms with Crippen LogP contribution in [0.25, 0.3) is 10.4 Å². The zero-order valence-corrected chi connectivity index (χ0v) is 13.2. The molecule has 0 radical (unpaired) electrons. The van der Waals surface area contributed by atoms with E-state index in [0.29, 0.717) is 12.8 Å². The third-order valence-electron chi connectivity index (χ3n) is 3.94. The molecule has 0 N–H and O–H groups in total. The van der Waals surface area contributed by atoms with Gasteiger partial charge in [0, 0.05) is 30.1 Å². The number of piperidine rings is 1. The summed E-state index contributed by atoms with van der Waals surface area (Å²) in [6.07, 6.45) is -0.146. The predicted molar refractivity (Wildman–Crippen MR) is 81.4 cm³/mol. The zero-order valence-electron chi connectivity index (χ0n) is 12.4. The summed E-state index contributed by atoms with van der Waals surface area (Å²) in [5, 5.41) is 14.6. The largest absolute Gasteiger partial charge is 0.307 e. The lowest BCUT2D eigenvalue weighted by molar-refractivity contribution is -0.385. The predicted octanol–water partition coefficient (Wildman–Crippen LogP) is 1.86. The van der Waals surface area contributed by atoms with Gasteiger partial charge in [0.15, 0.2) is 0 Å². The van der Waals surface area contributed by atoms with Crippen molar-refractivity contribution in [3.05, 3.63) is 50.4 Å². The smallest absolute Gasteiger partial charge is 0.258 e. The molecule has 1 aromatic rings. The number of nitrogens with zero attached hydrogens (tertiary/aromatic N) is 6. The van der Waals surface area contributed by atoms with Crippen LogP contribution in [0, 0.1) is 10.1 Å². The van der Waals surface area contributed by atoms with E-state index >= 15 is 0 Å². The molecule has 1 aromatic carbocycles. The molecule has 2 fully saturated rings. The van der Waals surface area contributed by atoms with E-state index in [2.05, 4.69) is 10.0 Å². The van der Waals surface area contributed by atoms with Crippen molar-refractivity contribution < 1.29 is 18.2 Å². The second-order valence-electron chi connectivity index (χ2n) is 5.37. The molecule has 0 saturated carbocycles. The van der Waals surface area contributed by atoms with Crippen LogP contribution >= 0.6 is 0 Å². The fraction of sp³-hybridized carbons (Fsp3) is 0.500. The summed E-state index contributed by atoms with van der Waals surface area (Å²) in [6.45, 7) is 0.408. The molecule has 2 saturated heterocycles. The van der Waals surface area contributed by atoms with Crippen molar-refractivity contribution in [1.29, 1.82) is 0 Å². The number of benzene rings is 1. The van der Waals surface area contributed by atoms with Crippen molar-refractivity contribution in [2.75, 3.05) is 13.1 Å². The minimum Gasteiger partial charge on any atom is -0.258 e. The van der Waals surface area contributed by atoms with Gasteiger partial charge in [-0.1, -0.05) is 17.2 Å². The van der Waals surface area contributed by atoms with E-state index in [1.807, 2.05) is 0 Å². The topological polar surface area (TPSA) is 145 Å². The molecule has 11 nitrogen and oxygen atoms in total. The third kappa shape index (κ3) is 3.05. The molecule has 0 amide bonds. The standard InChI is InChI=1S/C12H14N6O5S/c13-15-14-9-5-7-16(8-6-9)24(21,22)18-12(23-18)10-3-1-2-4-11(10)17(19)20/h1-4,9,12H,5-8H2. The zero-order chi connectivity index (χ0) is 17.3. The number of hydrogen-bond donors (Lipinski definition) is 0. The van der Waals surface area contributed by atoms with Crippen LogP contribution in [0.3, 0.4) is 0 Å². The van der Waals surface area contributed by atoms with E-state index in [9.17, 15) is 18.5 Å². The quantitative estimate of drug-likeness (QED) is 0.198. The van der Waals surface area contributed by atoms with Gasteiger partial charge in [-0.05, 0) is 28.9 Å². The number of rotatable bonds is 5. The van der Waals surface area contributed by atoms with Gasteiger partial charge in [0.25, 0.3) is 5.69 Å². The average Bonchev–Trinajstić information content (AvgIpc) is 3.37. The molecular weight excluding hydrogens is 340 g/mol. The van der Waals surface area contributed by atoms with Gasteiger partial charge in [0.1, 0.15) is 0 Å². The summed E-state index contributed by atoms with van der Waals surface area (Å²) >= 11 is 0. The highest BCUT2D eigenvalue weighted by Crippen LogP contribution is 2.44. The number of hydroxylamine groups is 1. The van der Waals surface area contributed by atoms with Crippen LogP contribution in [0.2, 0.25) is 0 Å². The van der Waals surface area contributed by atoms with Crippen LogP contribution in [-0.2, 0) is 15.0 Å². The van der Waals surface area contributed by atoms with Crippen LogP contribution in [0.15, 0.2) is 29.4 Å². The maximum Gasteiger partial charge on any atom is 0.307 e. The summed E-state index contributed by atoms with van der Waals surface area (Å²) in [6, 6.07) is 5.63. The Bertz CT molecular complexity index is 800. The molecule has 2 heterocycles. The maximum absolute atomic E-state index is 12.5. The van der Waals surface area contributed by atoms with Crippen LogP contribution in [0.5, 0.6) is 0 Å². The van der Waals surface area contributed by atoms with E-state index in [1.165, 1.54) is 22.5 Å². The van der Waals surface area contributed by atoms with Gasteiger partial charge in [-0.2, -0.15) is 12.7 Å². The second-order valence-corrected chi connectivity index (χ2v) is 7.14. The molecule has 24 heavy (non-hydrogen) atoms. The minimum atomic E-state index is -3.88. The first-order chi connectivity index (χ1) is 11.4. The molecule has 128 valence electrons. The molecular formula is C12H14N6O5S. The van der Waals surface area contributed by atoms with Crippen molar-refractivity contribution >= 4 is 15.9 Å². The summed E-state index contributed by atoms with van der Waals surface area (Å²) < 4.78 is 27.1. The summed E-state index contributed by atoms with van der Waals surface area (Å²) in [5.41, 5.74) is 8.41. The van der Waals surface area contributed by atoms with Crippen LogP contribution in [0.1, 0.15) is 24.6 Å². The molecule has 2 unspecified atom stereocenters. The molecule has 0 aliphatic carbocycles. The fourth-order valence-electron chi connectivity index (χ4n) is 2.65. The molecule has 2 aliphatic heterocycles. The van der Waals surface area contributed by atoms with E-state index in [0.717, 1.165) is 4.47 Å². The highest BCUT2D eigenvalue weighted by atomic mass is 32.2. The Morgan fingerprint density at radius 1 is 1.33 bits per heavy atom. The Labute approximate surface area is 137 Å². The number of azide groups is 1. The number of para-hydroxylation sites is 1. The Hall–Kier alpha value is -2.24. The van der Waals surface area contributed by atoms with Gasteiger partial charge >= 0.3 is 10.2 Å². The highest BCUT2D eigenvalue weighted by molar-refractivity contribution is 7.86. The molecule has 12 heteroatoms. The van der Waals surface area contributed by atoms with Crippen molar-refractivity contribution in [3.63, 3.8) is 0 Å². The van der Waals surface area contributed by atoms with E-state index in [1.54, 1.807) is 6.07 Å². The first kappa shape index (κ1) is 16.6.